The van der Waals surface area contributed by atoms with Gasteiger partial charge in [-0.1, -0.05) is 36.4 Å². The summed E-state index contributed by atoms with van der Waals surface area (Å²) >= 11 is 0. The van der Waals surface area contributed by atoms with Crippen molar-refractivity contribution in [2.24, 2.45) is 4.99 Å². The molecule has 0 saturated heterocycles. The Labute approximate surface area is 146 Å². The number of para-hydroxylation sites is 2. The smallest absolute Gasteiger partial charge is 1.00 e. The van der Waals surface area contributed by atoms with E-state index in [2.05, 4.69) is 15.3 Å². The molecule has 22 heavy (non-hydrogen) atoms. The second-order valence-corrected chi connectivity index (χ2v) is 4.32. The fraction of sp³-hybridized carbons (Fsp3) is 0. The SMILES string of the molecule is [Cl-].[Fe+2].c1ccc(N=c2cc[cH-]c(Nc3ccccc3)n2)cc1. The van der Waals surface area contributed by atoms with Gasteiger partial charge in [0.15, 0.2) is 0 Å². The van der Waals surface area contributed by atoms with E-state index < -0.39 is 0 Å². The van der Waals surface area contributed by atoms with E-state index in [1.165, 1.54) is 0 Å². The quantitative estimate of drug-likeness (QED) is 0.559. The average molecular weight is 352 g/mol. The zero-order chi connectivity index (χ0) is 13.6. The molecular weight excluding hydrogens is 338 g/mol. The van der Waals surface area contributed by atoms with Crippen molar-refractivity contribution in [2.75, 3.05) is 5.32 Å². The Morgan fingerprint density at radius 2 is 1.50 bits per heavy atom. The zero-order valence-corrected chi connectivity index (χ0v) is 13.5. The van der Waals surface area contributed by atoms with E-state index in [0.717, 1.165) is 17.2 Å². The van der Waals surface area contributed by atoms with Gasteiger partial charge in [-0.3, -0.25) is 4.98 Å². The number of anilines is 2. The second-order valence-electron chi connectivity index (χ2n) is 4.32. The van der Waals surface area contributed by atoms with Crippen LogP contribution in [0.1, 0.15) is 0 Å². The topological polar surface area (TPSA) is 37.3 Å². The van der Waals surface area contributed by atoms with Gasteiger partial charge in [-0.05, 0) is 24.3 Å². The fourth-order valence-electron chi connectivity index (χ4n) is 1.86. The van der Waals surface area contributed by atoms with Gasteiger partial charge >= 0.3 is 17.1 Å². The minimum Gasteiger partial charge on any atom is -1.00 e. The number of rotatable bonds is 3. The van der Waals surface area contributed by atoms with E-state index in [9.17, 15) is 0 Å². The third-order valence-electron chi connectivity index (χ3n) is 2.78. The first kappa shape index (κ1) is 18.0. The molecule has 0 saturated carbocycles. The summed E-state index contributed by atoms with van der Waals surface area (Å²) in [5.41, 5.74) is 2.60. The van der Waals surface area contributed by atoms with Crippen molar-refractivity contribution in [3.05, 3.63) is 84.4 Å². The third-order valence-corrected chi connectivity index (χ3v) is 2.78. The van der Waals surface area contributed by atoms with Crippen LogP contribution in [-0.4, -0.2) is 4.98 Å². The van der Waals surface area contributed by atoms with Crippen LogP contribution in [0.15, 0.2) is 83.9 Å². The minimum absolute atomic E-state index is 0. The summed E-state index contributed by atoms with van der Waals surface area (Å²) in [5.74, 6) is 0.786. The Hall–Kier alpha value is -2.00. The molecule has 3 aromatic rings. The van der Waals surface area contributed by atoms with Crippen LogP contribution in [0, 0.1) is 0 Å². The molecule has 0 radical (unpaired) electrons. The second kappa shape index (κ2) is 9.11. The number of halogens is 1. The van der Waals surface area contributed by atoms with Crippen molar-refractivity contribution in [1.82, 2.24) is 4.98 Å². The number of aromatic nitrogens is 1. The van der Waals surface area contributed by atoms with E-state index in [-0.39, 0.29) is 29.5 Å². The number of hydrogen-bond donors (Lipinski definition) is 1. The Bertz CT molecular complexity index is 742. The molecule has 0 bridgehead atoms. The van der Waals surface area contributed by atoms with Gasteiger partial charge in [0.2, 0.25) is 0 Å². The molecule has 3 rings (SSSR count). The molecule has 1 aromatic heterocycles. The van der Waals surface area contributed by atoms with Crippen molar-refractivity contribution < 1.29 is 29.5 Å². The van der Waals surface area contributed by atoms with Crippen molar-refractivity contribution in [2.45, 2.75) is 0 Å². The standard InChI is InChI=1S/C17H14N3.ClH.Fe/c1-3-8-14(9-4-1)18-16-12-7-13-17(20-16)19-15-10-5-2-6-11-15;;/h1-13H,(H,18,19,20);1H;/q-1;;+2/p-1. The first-order valence-corrected chi connectivity index (χ1v) is 6.46. The summed E-state index contributed by atoms with van der Waals surface area (Å²) < 4.78 is 0. The van der Waals surface area contributed by atoms with Crippen molar-refractivity contribution in [3.63, 3.8) is 0 Å². The maximum atomic E-state index is 4.49. The molecule has 0 atom stereocenters. The van der Waals surface area contributed by atoms with Gasteiger partial charge in [0.05, 0.1) is 11.2 Å². The number of pyridine rings is 1. The number of nitrogens with one attached hydrogen (secondary N) is 1. The minimum atomic E-state index is 0. The molecule has 2 aromatic carbocycles. The van der Waals surface area contributed by atoms with E-state index in [0.29, 0.717) is 5.49 Å². The van der Waals surface area contributed by atoms with Crippen LogP contribution in [0.3, 0.4) is 0 Å². The van der Waals surface area contributed by atoms with Gasteiger partial charge in [-0.15, -0.1) is 0 Å². The molecule has 0 spiro atoms. The summed E-state index contributed by atoms with van der Waals surface area (Å²) in [6.45, 7) is 0. The van der Waals surface area contributed by atoms with Gasteiger partial charge in [0.1, 0.15) is 0 Å². The molecule has 1 N–H and O–H groups in total. The van der Waals surface area contributed by atoms with Crippen molar-refractivity contribution in [3.8, 4) is 0 Å². The summed E-state index contributed by atoms with van der Waals surface area (Å²) in [4.78, 5) is 8.98. The molecule has 112 valence electrons. The summed E-state index contributed by atoms with van der Waals surface area (Å²) in [5, 5.41) is 3.26. The Morgan fingerprint density at radius 1 is 0.864 bits per heavy atom. The summed E-state index contributed by atoms with van der Waals surface area (Å²) in [6, 6.07) is 25.5. The number of benzene rings is 2. The Morgan fingerprint density at radius 3 is 2.18 bits per heavy atom. The molecule has 0 fully saturated rings. The molecule has 0 amide bonds. The summed E-state index contributed by atoms with van der Waals surface area (Å²) in [6.07, 6.45) is 0. The predicted molar refractivity (Wildman–Crippen MR) is 81.2 cm³/mol. The van der Waals surface area contributed by atoms with Crippen LogP contribution in [0.25, 0.3) is 0 Å². The van der Waals surface area contributed by atoms with Crippen molar-refractivity contribution >= 4 is 17.2 Å². The predicted octanol–water partition coefficient (Wildman–Crippen LogP) is 0.778. The normalized spacial score (nSPS) is 10.3. The molecule has 5 heteroatoms. The fourth-order valence-corrected chi connectivity index (χ4v) is 1.86. The Kier molecular flexibility index (Phi) is 7.47. The van der Waals surface area contributed by atoms with Crippen LogP contribution in [0.2, 0.25) is 0 Å². The molecule has 0 unspecified atom stereocenters. The van der Waals surface area contributed by atoms with Gasteiger partial charge in [-0.2, -0.15) is 12.1 Å². The molecular formula is C17H14ClFeN3. The molecule has 0 aliphatic heterocycles. The van der Waals surface area contributed by atoms with E-state index >= 15 is 0 Å². The largest absolute Gasteiger partial charge is 2.00 e. The van der Waals surface area contributed by atoms with E-state index in [1.807, 2.05) is 78.9 Å². The number of nitrogens with zero attached hydrogens (tertiary/aromatic N) is 2. The Balaban J connectivity index is 0.00000121. The summed E-state index contributed by atoms with van der Waals surface area (Å²) in [7, 11) is 0. The maximum Gasteiger partial charge on any atom is 2.00 e. The van der Waals surface area contributed by atoms with Crippen LogP contribution < -0.4 is 23.2 Å². The molecule has 3 nitrogen and oxygen atoms in total. The van der Waals surface area contributed by atoms with E-state index in [4.69, 9.17) is 0 Å². The van der Waals surface area contributed by atoms with Gasteiger partial charge in [0.25, 0.3) is 0 Å². The first-order chi connectivity index (χ1) is 9.90. The zero-order valence-electron chi connectivity index (χ0n) is 11.6. The maximum absolute atomic E-state index is 4.49. The van der Waals surface area contributed by atoms with E-state index in [1.54, 1.807) is 0 Å². The van der Waals surface area contributed by atoms with Crippen LogP contribution in [0.4, 0.5) is 17.2 Å². The molecule has 1 heterocycles. The monoisotopic (exact) mass is 351 g/mol. The van der Waals surface area contributed by atoms with Gasteiger partial charge in [-0.25, -0.2) is 11.1 Å². The molecule has 0 aliphatic rings. The average Bonchev–Trinajstić information content (AvgIpc) is 2.50. The van der Waals surface area contributed by atoms with Crippen LogP contribution in [0.5, 0.6) is 0 Å². The first-order valence-electron chi connectivity index (χ1n) is 6.46. The van der Waals surface area contributed by atoms with Gasteiger partial charge in [0, 0.05) is 11.5 Å². The molecule has 0 aliphatic carbocycles. The van der Waals surface area contributed by atoms with Crippen LogP contribution >= 0.6 is 0 Å². The number of hydrogen-bond acceptors (Lipinski definition) is 3. The van der Waals surface area contributed by atoms with Crippen molar-refractivity contribution in [1.29, 1.82) is 0 Å². The van der Waals surface area contributed by atoms with Gasteiger partial charge < -0.3 is 17.7 Å². The van der Waals surface area contributed by atoms with Crippen LogP contribution in [-0.2, 0) is 17.1 Å². The third kappa shape index (κ3) is 5.08.